The SMILES string of the molecule is CC(=O)c1cc(C(=O)NCCc2csc(C(C)C)n2)cs1. The molecule has 21 heavy (non-hydrogen) atoms. The molecule has 6 heteroatoms. The van der Waals surface area contributed by atoms with E-state index in [1.807, 2.05) is 5.38 Å². The van der Waals surface area contributed by atoms with Crippen LogP contribution in [0.4, 0.5) is 0 Å². The van der Waals surface area contributed by atoms with Gasteiger partial charge in [0.1, 0.15) is 0 Å². The van der Waals surface area contributed by atoms with Crippen molar-refractivity contribution in [2.24, 2.45) is 0 Å². The highest BCUT2D eigenvalue weighted by molar-refractivity contribution is 7.12. The molecule has 0 aromatic carbocycles. The first-order valence-corrected chi connectivity index (χ1v) is 8.55. The third kappa shape index (κ3) is 4.22. The number of carbonyl (C=O) groups is 2. The quantitative estimate of drug-likeness (QED) is 0.828. The smallest absolute Gasteiger partial charge is 0.252 e. The van der Waals surface area contributed by atoms with Crippen molar-refractivity contribution in [3.63, 3.8) is 0 Å². The Hall–Kier alpha value is -1.53. The summed E-state index contributed by atoms with van der Waals surface area (Å²) in [6.07, 6.45) is 0.721. The van der Waals surface area contributed by atoms with Gasteiger partial charge in [0, 0.05) is 29.6 Å². The molecular formula is C15H18N2O2S2. The van der Waals surface area contributed by atoms with Gasteiger partial charge in [-0.1, -0.05) is 13.8 Å². The minimum Gasteiger partial charge on any atom is -0.352 e. The van der Waals surface area contributed by atoms with E-state index in [2.05, 4.69) is 24.1 Å². The predicted molar refractivity (Wildman–Crippen MR) is 86.6 cm³/mol. The van der Waals surface area contributed by atoms with Crippen molar-refractivity contribution in [1.82, 2.24) is 10.3 Å². The molecule has 112 valence electrons. The van der Waals surface area contributed by atoms with Crippen molar-refractivity contribution >= 4 is 34.4 Å². The molecule has 4 nitrogen and oxygen atoms in total. The van der Waals surface area contributed by atoms with E-state index in [0.29, 0.717) is 22.9 Å². The average Bonchev–Trinajstić information content (AvgIpc) is 3.07. The fourth-order valence-corrected chi connectivity index (χ4v) is 3.41. The number of hydrogen-bond acceptors (Lipinski definition) is 5. The third-order valence-corrected chi connectivity index (χ3v) is 5.16. The van der Waals surface area contributed by atoms with Crippen molar-refractivity contribution in [3.05, 3.63) is 38.0 Å². The van der Waals surface area contributed by atoms with Crippen LogP contribution in [0.15, 0.2) is 16.8 Å². The van der Waals surface area contributed by atoms with E-state index in [0.717, 1.165) is 17.1 Å². The lowest BCUT2D eigenvalue weighted by Crippen LogP contribution is -2.25. The summed E-state index contributed by atoms with van der Waals surface area (Å²) in [5.74, 6) is 0.287. The molecule has 0 saturated heterocycles. The summed E-state index contributed by atoms with van der Waals surface area (Å²) in [4.78, 5) is 28.3. The van der Waals surface area contributed by atoms with Crippen LogP contribution < -0.4 is 5.32 Å². The van der Waals surface area contributed by atoms with Gasteiger partial charge in [-0.3, -0.25) is 9.59 Å². The van der Waals surface area contributed by atoms with Gasteiger partial charge >= 0.3 is 0 Å². The number of thiazole rings is 1. The molecule has 0 fully saturated rings. The Labute approximate surface area is 132 Å². The normalized spacial score (nSPS) is 10.9. The second-order valence-corrected chi connectivity index (χ2v) is 6.89. The lowest BCUT2D eigenvalue weighted by Gasteiger charge is -2.02. The van der Waals surface area contributed by atoms with Crippen LogP contribution in [0, 0.1) is 0 Å². The fraction of sp³-hybridized carbons (Fsp3) is 0.400. The largest absolute Gasteiger partial charge is 0.352 e. The summed E-state index contributed by atoms with van der Waals surface area (Å²) in [5.41, 5.74) is 1.56. The lowest BCUT2D eigenvalue weighted by molar-refractivity contribution is 0.0954. The minimum absolute atomic E-state index is 0.0114. The Morgan fingerprint density at radius 1 is 1.29 bits per heavy atom. The highest BCUT2D eigenvalue weighted by Gasteiger charge is 2.11. The number of carbonyl (C=O) groups excluding carboxylic acids is 2. The predicted octanol–water partition coefficient (Wildman–Crippen LogP) is 3.50. The Balaban J connectivity index is 1.84. The fourth-order valence-electron chi connectivity index (χ4n) is 1.75. The van der Waals surface area contributed by atoms with Crippen LogP contribution in [0.25, 0.3) is 0 Å². The lowest BCUT2D eigenvalue weighted by atomic mass is 10.2. The molecule has 0 aliphatic carbocycles. The van der Waals surface area contributed by atoms with E-state index in [4.69, 9.17) is 0 Å². The molecule has 0 aliphatic rings. The molecule has 0 bridgehead atoms. The number of rotatable bonds is 6. The molecule has 0 atom stereocenters. The highest BCUT2D eigenvalue weighted by atomic mass is 32.1. The van der Waals surface area contributed by atoms with E-state index >= 15 is 0 Å². The number of nitrogens with one attached hydrogen (secondary N) is 1. The first-order valence-electron chi connectivity index (χ1n) is 6.79. The van der Waals surface area contributed by atoms with Crippen LogP contribution in [0.1, 0.15) is 57.4 Å². The van der Waals surface area contributed by atoms with Crippen LogP contribution in [-0.4, -0.2) is 23.2 Å². The Morgan fingerprint density at radius 3 is 2.62 bits per heavy atom. The van der Waals surface area contributed by atoms with Gasteiger partial charge < -0.3 is 5.32 Å². The molecule has 2 aromatic heterocycles. The minimum atomic E-state index is -0.141. The Kier molecular flexibility index (Phi) is 5.25. The first-order chi connectivity index (χ1) is 9.97. The third-order valence-electron chi connectivity index (χ3n) is 2.94. The zero-order chi connectivity index (χ0) is 15.4. The van der Waals surface area contributed by atoms with Crippen LogP contribution in [-0.2, 0) is 6.42 Å². The topological polar surface area (TPSA) is 59.1 Å². The van der Waals surface area contributed by atoms with Crippen molar-refractivity contribution in [2.45, 2.75) is 33.1 Å². The maximum Gasteiger partial charge on any atom is 0.252 e. The molecular weight excluding hydrogens is 304 g/mol. The van der Waals surface area contributed by atoms with Crippen LogP contribution in [0.2, 0.25) is 0 Å². The molecule has 1 amide bonds. The van der Waals surface area contributed by atoms with Gasteiger partial charge in [0.2, 0.25) is 0 Å². The molecule has 1 N–H and O–H groups in total. The average molecular weight is 322 g/mol. The number of hydrogen-bond donors (Lipinski definition) is 1. The molecule has 2 rings (SSSR count). The molecule has 2 aromatic rings. The van der Waals surface area contributed by atoms with Gasteiger partial charge in [-0.2, -0.15) is 0 Å². The maximum absolute atomic E-state index is 12.0. The van der Waals surface area contributed by atoms with Crippen LogP contribution >= 0.6 is 22.7 Å². The van der Waals surface area contributed by atoms with Crippen molar-refractivity contribution in [1.29, 1.82) is 0 Å². The summed E-state index contributed by atoms with van der Waals surface area (Å²) >= 11 is 2.96. The second-order valence-electron chi connectivity index (χ2n) is 5.09. The molecule has 0 aliphatic heterocycles. The summed E-state index contributed by atoms with van der Waals surface area (Å²) in [7, 11) is 0. The van der Waals surface area contributed by atoms with E-state index < -0.39 is 0 Å². The van der Waals surface area contributed by atoms with Gasteiger partial charge in [0.25, 0.3) is 5.91 Å². The monoisotopic (exact) mass is 322 g/mol. The van der Waals surface area contributed by atoms with Gasteiger partial charge in [0.15, 0.2) is 5.78 Å². The van der Waals surface area contributed by atoms with Gasteiger partial charge in [-0.25, -0.2) is 4.98 Å². The van der Waals surface area contributed by atoms with Crippen molar-refractivity contribution < 1.29 is 9.59 Å². The summed E-state index contributed by atoms with van der Waals surface area (Å²) in [5, 5.41) is 7.74. The summed E-state index contributed by atoms with van der Waals surface area (Å²) in [6.45, 7) is 6.29. The maximum atomic E-state index is 12.0. The van der Waals surface area contributed by atoms with E-state index in [-0.39, 0.29) is 11.7 Å². The summed E-state index contributed by atoms with van der Waals surface area (Å²) in [6, 6.07) is 1.64. The first kappa shape index (κ1) is 15.9. The summed E-state index contributed by atoms with van der Waals surface area (Å²) < 4.78 is 0. The molecule has 0 radical (unpaired) electrons. The number of thiophene rings is 1. The number of amides is 1. The molecule has 0 unspecified atom stereocenters. The van der Waals surface area contributed by atoms with E-state index in [9.17, 15) is 9.59 Å². The molecule has 2 heterocycles. The number of nitrogens with zero attached hydrogens (tertiary/aromatic N) is 1. The van der Waals surface area contributed by atoms with Crippen LogP contribution in [0.3, 0.4) is 0 Å². The molecule has 0 spiro atoms. The highest BCUT2D eigenvalue weighted by Crippen LogP contribution is 2.19. The van der Waals surface area contributed by atoms with Gasteiger partial charge in [0.05, 0.1) is 21.1 Å². The van der Waals surface area contributed by atoms with Crippen molar-refractivity contribution in [3.8, 4) is 0 Å². The van der Waals surface area contributed by atoms with E-state index in [1.165, 1.54) is 18.3 Å². The number of ketones is 1. The van der Waals surface area contributed by atoms with E-state index in [1.54, 1.807) is 22.8 Å². The van der Waals surface area contributed by atoms with Crippen LogP contribution in [0.5, 0.6) is 0 Å². The Bertz CT molecular complexity index is 644. The van der Waals surface area contributed by atoms with Gasteiger partial charge in [-0.05, 0) is 13.0 Å². The number of aromatic nitrogens is 1. The van der Waals surface area contributed by atoms with Gasteiger partial charge in [-0.15, -0.1) is 22.7 Å². The number of Topliss-reactive ketones (excluding diaryl/α,β-unsaturated/α-hetero) is 1. The zero-order valence-electron chi connectivity index (χ0n) is 12.3. The molecule has 0 saturated carbocycles. The zero-order valence-corrected chi connectivity index (χ0v) is 13.9. The van der Waals surface area contributed by atoms with Crippen molar-refractivity contribution in [2.75, 3.05) is 6.54 Å². The second kappa shape index (κ2) is 6.95. The Morgan fingerprint density at radius 2 is 2.05 bits per heavy atom. The standard InChI is InChI=1S/C15H18N2O2S2/c1-9(2)15-17-12(8-21-15)4-5-16-14(19)11-6-13(10(3)18)20-7-11/h6-9H,4-5H2,1-3H3,(H,16,19).